The Morgan fingerprint density at radius 2 is 2.31 bits per heavy atom. The van der Waals surface area contributed by atoms with Crippen molar-refractivity contribution < 1.29 is 4.74 Å². The SMILES string of the molecule is CSc1nccc(OCC2CCNCC2)n1. The quantitative estimate of drug-likeness (QED) is 0.638. The number of hydrogen-bond donors (Lipinski definition) is 1. The van der Waals surface area contributed by atoms with Crippen LogP contribution < -0.4 is 10.1 Å². The maximum absolute atomic E-state index is 5.70. The third-order valence-electron chi connectivity index (χ3n) is 2.72. The Kier molecular flexibility index (Phi) is 4.42. The minimum Gasteiger partial charge on any atom is -0.477 e. The van der Waals surface area contributed by atoms with E-state index in [4.69, 9.17) is 4.74 Å². The number of nitrogens with zero attached hydrogens (tertiary/aromatic N) is 2. The van der Waals surface area contributed by atoms with Crippen molar-refractivity contribution >= 4 is 11.8 Å². The lowest BCUT2D eigenvalue weighted by Gasteiger charge is -2.22. The Morgan fingerprint density at radius 3 is 3.06 bits per heavy atom. The van der Waals surface area contributed by atoms with Crippen LogP contribution in [0.5, 0.6) is 5.88 Å². The number of piperidine rings is 1. The fourth-order valence-corrected chi connectivity index (χ4v) is 2.10. The zero-order chi connectivity index (χ0) is 11.2. The Morgan fingerprint density at radius 1 is 1.50 bits per heavy atom. The van der Waals surface area contributed by atoms with Gasteiger partial charge in [-0.05, 0) is 38.1 Å². The van der Waals surface area contributed by atoms with Crippen LogP contribution >= 0.6 is 11.8 Å². The zero-order valence-electron chi connectivity index (χ0n) is 9.48. The molecule has 0 radical (unpaired) electrons. The van der Waals surface area contributed by atoms with Crippen LogP contribution in [0.25, 0.3) is 0 Å². The van der Waals surface area contributed by atoms with Crippen molar-refractivity contribution in [1.82, 2.24) is 15.3 Å². The van der Waals surface area contributed by atoms with Crippen molar-refractivity contribution in [1.29, 1.82) is 0 Å². The number of rotatable bonds is 4. The van der Waals surface area contributed by atoms with Gasteiger partial charge in [0.25, 0.3) is 0 Å². The van der Waals surface area contributed by atoms with E-state index < -0.39 is 0 Å². The van der Waals surface area contributed by atoms with Crippen LogP contribution in [0.15, 0.2) is 17.4 Å². The summed E-state index contributed by atoms with van der Waals surface area (Å²) < 4.78 is 5.70. The molecule has 16 heavy (non-hydrogen) atoms. The standard InChI is InChI=1S/C11H17N3OS/c1-16-11-13-7-4-10(14-11)15-8-9-2-5-12-6-3-9/h4,7,9,12H,2-3,5-6,8H2,1H3. The van der Waals surface area contributed by atoms with Gasteiger partial charge in [-0.3, -0.25) is 0 Å². The van der Waals surface area contributed by atoms with Gasteiger partial charge in [-0.1, -0.05) is 11.8 Å². The van der Waals surface area contributed by atoms with Gasteiger partial charge in [0.2, 0.25) is 5.88 Å². The van der Waals surface area contributed by atoms with E-state index in [0.717, 1.165) is 24.9 Å². The molecule has 0 bridgehead atoms. The summed E-state index contributed by atoms with van der Waals surface area (Å²) in [5, 5.41) is 4.11. The maximum atomic E-state index is 5.70. The molecule has 0 aliphatic carbocycles. The first-order chi connectivity index (χ1) is 7.88. The topological polar surface area (TPSA) is 47.0 Å². The van der Waals surface area contributed by atoms with Gasteiger partial charge in [-0.15, -0.1) is 0 Å². The van der Waals surface area contributed by atoms with Crippen LogP contribution in [0.1, 0.15) is 12.8 Å². The van der Waals surface area contributed by atoms with E-state index in [9.17, 15) is 0 Å². The summed E-state index contributed by atoms with van der Waals surface area (Å²) in [5.74, 6) is 1.35. The maximum Gasteiger partial charge on any atom is 0.217 e. The number of aromatic nitrogens is 2. The molecule has 0 saturated carbocycles. The summed E-state index contributed by atoms with van der Waals surface area (Å²) in [4.78, 5) is 8.40. The van der Waals surface area contributed by atoms with Gasteiger partial charge in [-0.2, -0.15) is 4.98 Å². The first kappa shape index (κ1) is 11.7. The molecule has 0 aromatic carbocycles. The second-order valence-electron chi connectivity index (χ2n) is 3.89. The zero-order valence-corrected chi connectivity index (χ0v) is 10.3. The molecule has 5 heteroatoms. The Hall–Kier alpha value is -0.810. The first-order valence-corrected chi connectivity index (χ1v) is 6.81. The minimum absolute atomic E-state index is 0.661. The summed E-state index contributed by atoms with van der Waals surface area (Å²) in [6, 6.07) is 1.82. The van der Waals surface area contributed by atoms with E-state index in [2.05, 4.69) is 15.3 Å². The Labute approximate surface area is 100 Å². The molecule has 0 atom stereocenters. The Bertz CT molecular complexity index is 329. The van der Waals surface area contributed by atoms with Crippen LogP contribution in [-0.2, 0) is 0 Å². The van der Waals surface area contributed by atoms with Crippen LogP contribution in [0.3, 0.4) is 0 Å². The summed E-state index contributed by atoms with van der Waals surface area (Å²) in [6.07, 6.45) is 6.10. The van der Waals surface area contributed by atoms with Crippen molar-refractivity contribution in [3.8, 4) is 5.88 Å². The van der Waals surface area contributed by atoms with E-state index in [-0.39, 0.29) is 0 Å². The average Bonchev–Trinajstić information content (AvgIpc) is 2.38. The van der Waals surface area contributed by atoms with Gasteiger partial charge >= 0.3 is 0 Å². The van der Waals surface area contributed by atoms with Gasteiger partial charge < -0.3 is 10.1 Å². The predicted molar refractivity (Wildman–Crippen MR) is 64.9 cm³/mol. The first-order valence-electron chi connectivity index (χ1n) is 5.59. The van der Waals surface area contributed by atoms with Crippen molar-refractivity contribution in [3.05, 3.63) is 12.3 Å². The molecule has 0 unspecified atom stereocenters. The molecule has 88 valence electrons. The molecular formula is C11H17N3OS. The molecule has 1 N–H and O–H groups in total. The molecule has 1 aliphatic rings. The average molecular weight is 239 g/mol. The molecule has 1 saturated heterocycles. The highest BCUT2D eigenvalue weighted by Gasteiger charge is 2.13. The minimum atomic E-state index is 0.661. The summed E-state index contributed by atoms with van der Waals surface area (Å²) in [7, 11) is 0. The molecule has 1 aromatic rings. The lowest BCUT2D eigenvalue weighted by Crippen LogP contribution is -2.30. The summed E-state index contributed by atoms with van der Waals surface area (Å²) in [6.45, 7) is 2.98. The molecule has 4 nitrogen and oxygen atoms in total. The lowest BCUT2D eigenvalue weighted by atomic mass is 9.99. The lowest BCUT2D eigenvalue weighted by molar-refractivity contribution is 0.207. The van der Waals surface area contributed by atoms with Crippen molar-refractivity contribution in [3.63, 3.8) is 0 Å². The molecular weight excluding hydrogens is 222 g/mol. The van der Waals surface area contributed by atoms with E-state index in [1.165, 1.54) is 24.6 Å². The van der Waals surface area contributed by atoms with Crippen LogP contribution in [-0.4, -0.2) is 35.9 Å². The molecule has 1 aromatic heterocycles. The van der Waals surface area contributed by atoms with Gasteiger partial charge in [0.15, 0.2) is 5.16 Å². The predicted octanol–water partition coefficient (Wildman–Crippen LogP) is 1.58. The fraction of sp³-hybridized carbons (Fsp3) is 0.636. The van der Waals surface area contributed by atoms with E-state index in [1.807, 2.05) is 12.3 Å². The normalized spacial score (nSPS) is 17.3. The molecule has 2 heterocycles. The van der Waals surface area contributed by atoms with Crippen LogP contribution in [0.2, 0.25) is 0 Å². The number of thioether (sulfide) groups is 1. The molecule has 2 rings (SSSR count). The molecule has 1 aliphatic heterocycles. The van der Waals surface area contributed by atoms with Crippen LogP contribution in [0.4, 0.5) is 0 Å². The number of hydrogen-bond acceptors (Lipinski definition) is 5. The highest BCUT2D eigenvalue weighted by atomic mass is 32.2. The third-order valence-corrected chi connectivity index (χ3v) is 3.28. The number of nitrogens with one attached hydrogen (secondary N) is 1. The van der Waals surface area contributed by atoms with Crippen molar-refractivity contribution in [2.24, 2.45) is 5.92 Å². The molecule has 0 spiro atoms. The highest BCUT2D eigenvalue weighted by Crippen LogP contribution is 2.16. The summed E-state index contributed by atoms with van der Waals surface area (Å²) >= 11 is 1.53. The van der Waals surface area contributed by atoms with Crippen molar-refractivity contribution in [2.75, 3.05) is 26.0 Å². The van der Waals surface area contributed by atoms with Gasteiger partial charge in [0.1, 0.15) is 0 Å². The van der Waals surface area contributed by atoms with Gasteiger partial charge in [-0.25, -0.2) is 4.98 Å². The van der Waals surface area contributed by atoms with E-state index >= 15 is 0 Å². The Balaban J connectivity index is 1.83. The fourth-order valence-electron chi connectivity index (χ4n) is 1.76. The monoisotopic (exact) mass is 239 g/mol. The smallest absolute Gasteiger partial charge is 0.217 e. The van der Waals surface area contributed by atoms with E-state index in [1.54, 1.807) is 6.20 Å². The summed E-state index contributed by atoms with van der Waals surface area (Å²) in [5.41, 5.74) is 0. The van der Waals surface area contributed by atoms with Gasteiger partial charge in [0, 0.05) is 12.3 Å². The second-order valence-corrected chi connectivity index (χ2v) is 4.66. The highest BCUT2D eigenvalue weighted by molar-refractivity contribution is 7.98. The second kappa shape index (κ2) is 6.06. The molecule has 0 amide bonds. The third kappa shape index (κ3) is 3.35. The van der Waals surface area contributed by atoms with Crippen molar-refractivity contribution in [2.45, 2.75) is 18.0 Å². The largest absolute Gasteiger partial charge is 0.477 e. The molecule has 1 fully saturated rings. The van der Waals surface area contributed by atoms with E-state index in [0.29, 0.717) is 11.8 Å². The van der Waals surface area contributed by atoms with Gasteiger partial charge in [0.05, 0.1) is 6.61 Å². The van der Waals surface area contributed by atoms with Crippen LogP contribution in [0, 0.1) is 5.92 Å². The number of ether oxygens (including phenoxy) is 1.